The van der Waals surface area contributed by atoms with Crippen LogP contribution < -0.4 is 19.8 Å². The van der Waals surface area contributed by atoms with Crippen LogP contribution in [-0.4, -0.2) is 51.6 Å². The number of halogens is 1. The van der Waals surface area contributed by atoms with Gasteiger partial charge in [-0.05, 0) is 42.8 Å². The van der Waals surface area contributed by atoms with E-state index in [1.807, 2.05) is 25.1 Å². The van der Waals surface area contributed by atoms with Crippen molar-refractivity contribution in [3.05, 3.63) is 59.4 Å². The third kappa shape index (κ3) is 6.27. The van der Waals surface area contributed by atoms with Crippen LogP contribution in [0.5, 0.6) is 11.5 Å². The van der Waals surface area contributed by atoms with Gasteiger partial charge in [-0.25, -0.2) is 9.82 Å². The van der Waals surface area contributed by atoms with Crippen molar-refractivity contribution in [1.29, 1.82) is 0 Å². The van der Waals surface area contributed by atoms with Crippen molar-refractivity contribution < 1.29 is 28.3 Å². The Kier molecular flexibility index (Phi) is 7.75. The molecule has 1 amide bonds. The second kappa shape index (κ2) is 10.7. The zero-order valence-corrected chi connectivity index (χ0v) is 17.2. The number of nitrogens with one attached hydrogen (secondary N) is 2. The van der Waals surface area contributed by atoms with Crippen molar-refractivity contribution >= 4 is 11.6 Å². The molecule has 0 spiro atoms. The Morgan fingerprint density at radius 3 is 2.77 bits per heavy atom. The summed E-state index contributed by atoms with van der Waals surface area (Å²) in [7, 11) is 1.66. The second-order valence-electron chi connectivity index (χ2n) is 7.04. The van der Waals surface area contributed by atoms with Crippen LogP contribution in [0.1, 0.15) is 18.1 Å². The van der Waals surface area contributed by atoms with E-state index in [2.05, 4.69) is 10.5 Å². The van der Waals surface area contributed by atoms with Crippen molar-refractivity contribution in [2.75, 3.05) is 40.0 Å². The normalized spacial score (nSPS) is 15.0. The predicted molar refractivity (Wildman–Crippen MR) is 110 cm³/mol. The van der Waals surface area contributed by atoms with E-state index in [9.17, 15) is 9.18 Å². The summed E-state index contributed by atoms with van der Waals surface area (Å²) >= 11 is 0. The van der Waals surface area contributed by atoms with Gasteiger partial charge in [-0.3, -0.25) is 4.79 Å². The average molecular weight is 416 g/mol. The van der Waals surface area contributed by atoms with Gasteiger partial charge in [0.2, 0.25) is 0 Å². The van der Waals surface area contributed by atoms with Crippen molar-refractivity contribution in [3.63, 3.8) is 0 Å². The molecular weight excluding hydrogens is 389 g/mol. The highest BCUT2D eigenvalue weighted by Gasteiger charge is 2.17. The smallest absolute Gasteiger partial charge is 0.277 e. The number of carbonyl (C=O) groups excluding carboxylic acids is 1. The Balaban J connectivity index is 1.60. The number of rotatable bonds is 8. The highest BCUT2D eigenvalue weighted by atomic mass is 19.1. The SMILES string of the molecule is COc1ccc(/C(C)=N\NC(=O)COc2cccc(F)c2)cc1C[NH+]1CCOCC1. The number of quaternary nitrogens is 1. The summed E-state index contributed by atoms with van der Waals surface area (Å²) in [5.41, 5.74) is 5.11. The molecule has 0 atom stereocenters. The number of hydrogen-bond donors (Lipinski definition) is 2. The van der Waals surface area contributed by atoms with Crippen molar-refractivity contribution in [3.8, 4) is 11.5 Å². The first kappa shape index (κ1) is 21.7. The van der Waals surface area contributed by atoms with Crippen LogP contribution in [0.15, 0.2) is 47.6 Å². The summed E-state index contributed by atoms with van der Waals surface area (Å²) in [5.74, 6) is 0.274. The molecule has 0 bridgehead atoms. The van der Waals surface area contributed by atoms with Gasteiger partial charge in [-0.1, -0.05) is 6.07 Å². The van der Waals surface area contributed by atoms with Gasteiger partial charge in [0.1, 0.15) is 37.0 Å². The van der Waals surface area contributed by atoms with Gasteiger partial charge in [0, 0.05) is 11.6 Å². The van der Waals surface area contributed by atoms with Crippen molar-refractivity contribution in [2.45, 2.75) is 13.5 Å². The van der Waals surface area contributed by atoms with Crippen LogP contribution >= 0.6 is 0 Å². The summed E-state index contributed by atoms with van der Waals surface area (Å²) in [4.78, 5) is 13.4. The lowest BCUT2D eigenvalue weighted by Gasteiger charge is -2.24. The molecule has 2 N–H and O–H groups in total. The van der Waals surface area contributed by atoms with E-state index >= 15 is 0 Å². The maximum absolute atomic E-state index is 13.1. The summed E-state index contributed by atoms with van der Waals surface area (Å²) in [6, 6.07) is 11.5. The van der Waals surface area contributed by atoms with Gasteiger partial charge in [0.25, 0.3) is 5.91 Å². The molecule has 160 valence electrons. The Bertz CT molecular complexity index is 898. The minimum absolute atomic E-state index is 0.255. The number of nitrogens with zero attached hydrogens (tertiary/aromatic N) is 1. The Morgan fingerprint density at radius 2 is 2.03 bits per heavy atom. The molecule has 0 aliphatic carbocycles. The summed E-state index contributed by atoms with van der Waals surface area (Å²) in [6.07, 6.45) is 0. The summed E-state index contributed by atoms with van der Waals surface area (Å²) in [5, 5.41) is 4.16. The molecule has 0 saturated carbocycles. The fourth-order valence-corrected chi connectivity index (χ4v) is 3.20. The molecular formula is C22H27FN3O4+. The van der Waals surface area contributed by atoms with E-state index in [0.717, 1.165) is 49.7 Å². The fourth-order valence-electron chi connectivity index (χ4n) is 3.20. The van der Waals surface area contributed by atoms with Crippen LogP contribution in [0.4, 0.5) is 4.39 Å². The number of morpholine rings is 1. The van der Waals surface area contributed by atoms with Gasteiger partial charge < -0.3 is 19.1 Å². The van der Waals surface area contributed by atoms with Crippen LogP contribution in [-0.2, 0) is 16.1 Å². The van der Waals surface area contributed by atoms with E-state index < -0.39 is 11.7 Å². The van der Waals surface area contributed by atoms with Crippen LogP contribution in [0.2, 0.25) is 0 Å². The molecule has 0 unspecified atom stereocenters. The van der Waals surface area contributed by atoms with Gasteiger partial charge in [-0.2, -0.15) is 5.10 Å². The van der Waals surface area contributed by atoms with Gasteiger partial charge >= 0.3 is 0 Å². The Hall–Kier alpha value is -2.97. The molecule has 3 rings (SSSR count). The molecule has 2 aromatic rings. The molecule has 1 heterocycles. The van der Waals surface area contributed by atoms with Gasteiger partial charge in [-0.15, -0.1) is 0 Å². The monoisotopic (exact) mass is 416 g/mol. The standard InChI is InChI=1S/C22H26FN3O4/c1-16(24-25-22(27)15-30-20-5-3-4-19(23)13-20)17-6-7-21(28-2)18(12-17)14-26-8-10-29-11-9-26/h3-7,12-13H,8-11,14-15H2,1-2H3,(H,25,27)/p+1/b24-16-. The summed E-state index contributed by atoms with van der Waals surface area (Å²) < 4.78 is 29.3. The highest BCUT2D eigenvalue weighted by molar-refractivity contribution is 5.99. The first-order valence-electron chi connectivity index (χ1n) is 9.85. The van der Waals surface area contributed by atoms with E-state index in [4.69, 9.17) is 14.2 Å². The first-order chi connectivity index (χ1) is 14.5. The number of benzene rings is 2. The van der Waals surface area contributed by atoms with E-state index in [1.54, 1.807) is 13.2 Å². The maximum Gasteiger partial charge on any atom is 0.277 e. The molecule has 0 radical (unpaired) electrons. The molecule has 1 aliphatic heterocycles. The lowest BCUT2D eigenvalue weighted by Crippen LogP contribution is -3.12. The van der Waals surface area contributed by atoms with Crippen LogP contribution in [0.25, 0.3) is 0 Å². The number of amides is 1. The molecule has 30 heavy (non-hydrogen) atoms. The lowest BCUT2D eigenvalue weighted by atomic mass is 10.1. The quantitative estimate of drug-likeness (QED) is 0.501. The van der Waals surface area contributed by atoms with Crippen LogP contribution in [0, 0.1) is 5.82 Å². The number of carbonyl (C=O) groups is 1. The number of ether oxygens (including phenoxy) is 3. The molecule has 1 saturated heterocycles. The molecule has 1 fully saturated rings. The highest BCUT2D eigenvalue weighted by Crippen LogP contribution is 2.20. The Morgan fingerprint density at radius 1 is 1.23 bits per heavy atom. The summed E-state index contributed by atoms with van der Waals surface area (Å²) in [6.45, 7) is 5.85. The number of hydrogen-bond acceptors (Lipinski definition) is 5. The minimum atomic E-state index is -0.426. The minimum Gasteiger partial charge on any atom is -0.496 e. The predicted octanol–water partition coefficient (Wildman–Crippen LogP) is 1.17. The van der Waals surface area contributed by atoms with E-state index in [-0.39, 0.29) is 12.4 Å². The molecule has 0 aromatic heterocycles. The number of methoxy groups -OCH3 is 1. The maximum atomic E-state index is 13.1. The fraction of sp³-hybridized carbons (Fsp3) is 0.364. The average Bonchev–Trinajstić information content (AvgIpc) is 2.76. The largest absolute Gasteiger partial charge is 0.496 e. The lowest BCUT2D eigenvalue weighted by molar-refractivity contribution is -0.921. The molecule has 1 aliphatic rings. The topological polar surface area (TPSA) is 73.6 Å². The van der Waals surface area contributed by atoms with Crippen LogP contribution in [0.3, 0.4) is 0 Å². The molecule has 8 heteroatoms. The number of hydrazone groups is 1. The van der Waals surface area contributed by atoms with Crippen molar-refractivity contribution in [2.24, 2.45) is 5.10 Å². The third-order valence-corrected chi connectivity index (χ3v) is 4.85. The Labute approximate surface area is 175 Å². The van der Waals surface area contributed by atoms with Crippen molar-refractivity contribution in [1.82, 2.24) is 5.43 Å². The van der Waals surface area contributed by atoms with E-state index in [1.165, 1.54) is 23.1 Å². The van der Waals surface area contributed by atoms with Gasteiger partial charge in [0.15, 0.2) is 6.61 Å². The first-order valence-corrected chi connectivity index (χ1v) is 9.85. The zero-order valence-electron chi connectivity index (χ0n) is 17.2. The zero-order chi connectivity index (χ0) is 21.3. The molecule has 7 nitrogen and oxygen atoms in total. The molecule has 2 aromatic carbocycles. The third-order valence-electron chi connectivity index (χ3n) is 4.85. The second-order valence-corrected chi connectivity index (χ2v) is 7.04. The van der Waals surface area contributed by atoms with E-state index in [0.29, 0.717) is 5.71 Å². The van der Waals surface area contributed by atoms with Gasteiger partial charge in [0.05, 0.1) is 26.0 Å².